The number of carbonyl (C=O) groups excluding carboxylic acids is 1. The topological polar surface area (TPSA) is 73.8 Å². The minimum Gasteiger partial charge on any atom is -0.454 e. The van der Waals surface area contributed by atoms with Crippen molar-refractivity contribution in [2.24, 2.45) is 0 Å². The number of morpholine rings is 1. The first kappa shape index (κ1) is 15.8. The molecule has 1 atom stereocenters. The van der Waals surface area contributed by atoms with Crippen LogP contribution in [0.5, 0.6) is 11.5 Å². The van der Waals surface area contributed by atoms with E-state index in [-0.39, 0.29) is 18.8 Å². The van der Waals surface area contributed by atoms with Gasteiger partial charge in [0.1, 0.15) is 11.9 Å². The maximum Gasteiger partial charge on any atom is 0.254 e. The van der Waals surface area contributed by atoms with E-state index in [9.17, 15) is 4.79 Å². The fraction of sp³-hybridized carbons (Fsp3) is 0.389. The van der Waals surface area contributed by atoms with Crippen LogP contribution in [-0.2, 0) is 4.74 Å². The van der Waals surface area contributed by atoms with Crippen molar-refractivity contribution in [3.05, 3.63) is 47.0 Å². The van der Waals surface area contributed by atoms with Crippen LogP contribution in [0.3, 0.4) is 0 Å². The first-order valence-electron chi connectivity index (χ1n) is 8.23. The third-order valence-corrected chi connectivity index (χ3v) is 4.29. The van der Waals surface area contributed by atoms with Gasteiger partial charge in [-0.15, -0.1) is 0 Å². The van der Waals surface area contributed by atoms with Gasteiger partial charge < -0.3 is 19.1 Å². The second-order valence-corrected chi connectivity index (χ2v) is 6.16. The Labute approximate surface area is 145 Å². The van der Waals surface area contributed by atoms with Crippen molar-refractivity contribution < 1.29 is 19.0 Å². The molecule has 1 amide bonds. The number of fused-ring (bicyclic) bond motifs is 1. The summed E-state index contributed by atoms with van der Waals surface area (Å²) < 4.78 is 16.5. The van der Waals surface area contributed by atoms with Gasteiger partial charge in [-0.3, -0.25) is 4.79 Å². The van der Waals surface area contributed by atoms with Crippen molar-refractivity contribution in [2.45, 2.75) is 20.0 Å². The average Bonchev–Trinajstić information content (AvgIpc) is 3.08. The normalized spacial score (nSPS) is 19.1. The predicted octanol–water partition coefficient (Wildman–Crippen LogP) is 2.04. The standard InChI is InChI=1S/C18H19N3O4/c1-11-7-14(20-12(2)19-11)17-9-21(5-6-23-17)18(22)13-3-4-15-16(8-13)25-10-24-15/h3-4,7-8,17H,5-6,9-10H2,1-2H3/t17-/m0/s1. The van der Waals surface area contributed by atoms with Crippen LogP contribution >= 0.6 is 0 Å². The summed E-state index contributed by atoms with van der Waals surface area (Å²) in [6.07, 6.45) is -0.243. The van der Waals surface area contributed by atoms with Gasteiger partial charge in [-0.2, -0.15) is 0 Å². The number of aromatic nitrogens is 2. The zero-order valence-electron chi connectivity index (χ0n) is 14.2. The van der Waals surface area contributed by atoms with Crippen molar-refractivity contribution >= 4 is 5.91 Å². The van der Waals surface area contributed by atoms with E-state index in [0.29, 0.717) is 42.6 Å². The number of hydrogen-bond donors (Lipinski definition) is 0. The molecule has 0 bridgehead atoms. The van der Waals surface area contributed by atoms with Gasteiger partial charge in [0.05, 0.1) is 18.8 Å². The highest BCUT2D eigenvalue weighted by atomic mass is 16.7. The lowest BCUT2D eigenvalue weighted by Gasteiger charge is -2.33. The Hall–Kier alpha value is -2.67. The number of carbonyl (C=O) groups is 1. The second-order valence-electron chi connectivity index (χ2n) is 6.16. The third kappa shape index (κ3) is 3.15. The number of rotatable bonds is 2. The van der Waals surface area contributed by atoms with Crippen molar-refractivity contribution in [3.8, 4) is 11.5 Å². The Morgan fingerprint density at radius 1 is 1.16 bits per heavy atom. The summed E-state index contributed by atoms with van der Waals surface area (Å²) in [4.78, 5) is 23.4. The second kappa shape index (κ2) is 6.33. The Morgan fingerprint density at radius 3 is 2.84 bits per heavy atom. The Kier molecular flexibility index (Phi) is 4.01. The highest BCUT2D eigenvalue weighted by Crippen LogP contribution is 2.33. The minimum atomic E-state index is -0.243. The number of aryl methyl sites for hydroxylation is 2. The lowest BCUT2D eigenvalue weighted by atomic mass is 10.1. The molecule has 0 spiro atoms. The Morgan fingerprint density at radius 2 is 2.00 bits per heavy atom. The van der Waals surface area contributed by atoms with Crippen molar-refractivity contribution in [1.82, 2.24) is 14.9 Å². The fourth-order valence-electron chi connectivity index (χ4n) is 3.14. The highest BCUT2D eigenvalue weighted by Gasteiger charge is 2.28. The molecule has 1 saturated heterocycles. The molecule has 7 heteroatoms. The van der Waals surface area contributed by atoms with Crippen LogP contribution in [-0.4, -0.2) is 47.3 Å². The van der Waals surface area contributed by atoms with E-state index in [1.54, 1.807) is 23.1 Å². The summed E-state index contributed by atoms with van der Waals surface area (Å²) >= 11 is 0. The van der Waals surface area contributed by atoms with E-state index in [4.69, 9.17) is 14.2 Å². The number of ether oxygens (including phenoxy) is 3. The first-order valence-corrected chi connectivity index (χ1v) is 8.23. The van der Waals surface area contributed by atoms with Gasteiger partial charge in [0.15, 0.2) is 11.5 Å². The molecular formula is C18H19N3O4. The number of amides is 1. The lowest BCUT2D eigenvalue weighted by molar-refractivity contribution is -0.0248. The Bertz CT molecular complexity index is 804. The smallest absolute Gasteiger partial charge is 0.254 e. The molecular weight excluding hydrogens is 322 g/mol. The molecule has 0 radical (unpaired) electrons. The predicted molar refractivity (Wildman–Crippen MR) is 88.7 cm³/mol. The maximum atomic E-state index is 12.9. The molecule has 0 unspecified atom stereocenters. The van der Waals surface area contributed by atoms with E-state index in [2.05, 4.69) is 9.97 Å². The van der Waals surface area contributed by atoms with Crippen molar-refractivity contribution in [2.75, 3.05) is 26.5 Å². The van der Waals surface area contributed by atoms with Gasteiger partial charge in [0, 0.05) is 17.8 Å². The molecule has 3 heterocycles. The van der Waals surface area contributed by atoms with E-state index < -0.39 is 0 Å². The maximum absolute atomic E-state index is 12.9. The van der Waals surface area contributed by atoms with Gasteiger partial charge in [-0.25, -0.2) is 9.97 Å². The number of hydrogen-bond acceptors (Lipinski definition) is 6. The van der Waals surface area contributed by atoms with Crippen LogP contribution in [0.15, 0.2) is 24.3 Å². The van der Waals surface area contributed by atoms with Crippen LogP contribution in [0.25, 0.3) is 0 Å². The molecule has 7 nitrogen and oxygen atoms in total. The average molecular weight is 341 g/mol. The lowest BCUT2D eigenvalue weighted by Crippen LogP contribution is -2.42. The zero-order valence-corrected chi connectivity index (χ0v) is 14.2. The quantitative estimate of drug-likeness (QED) is 0.832. The number of nitrogens with zero attached hydrogens (tertiary/aromatic N) is 3. The molecule has 1 aromatic heterocycles. The fourth-order valence-corrected chi connectivity index (χ4v) is 3.14. The van der Waals surface area contributed by atoms with Gasteiger partial charge in [-0.1, -0.05) is 0 Å². The van der Waals surface area contributed by atoms with Gasteiger partial charge in [-0.05, 0) is 38.1 Å². The van der Waals surface area contributed by atoms with E-state index >= 15 is 0 Å². The summed E-state index contributed by atoms with van der Waals surface area (Å²) in [5.41, 5.74) is 2.29. The zero-order chi connectivity index (χ0) is 17.4. The van der Waals surface area contributed by atoms with Gasteiger partial charge >= 0.3 is 0 Å². The molecule has 0 N–H and O–H groups in total. The van der Waals surface area contributed by atoms with E-state index in [1.807, 2.05) is 19.9 Å². The molecule has 130 valence electrons. The summed E-state index contributed by atoms with van der Waals surface area (Å²) in [6, 6.07) is 7.17. The van der Waals surface area contributed by atoms with Gasteiger partial charge in [0.25, 0.3) is 5.91 Å². The van der Waals surface area contributed by atoms with Gasteiger partial charge in [0.2, 0.25) is 6.79 Å². The van der Waals surface area contributed by atoms with Crippen LogP contribution in [0.1, 0.15) is 33.7 Å². The first-order chi connectivity index (χ1) is 12.1. The molecule has 0 saturated carbocycles. The molecule has 1 fully saturated rings. The van der Waals surface area contributed by atoms with Crippen LogP contribution in [0, 0.1) is 13.8 Å². The summed E-state index contributed by atoms with van der Waals surface area (Å²) in [5, 5.41) is 0. The van der Waals surface area contributed by atoms with E-state index in [1.165, 1.54) is 0 Å². The van der Waals surface area contributed by atoms with E-state index in [0.717, 1.165) is 11.4 Å². The SMILES string of the molecule is Cc1cc([C@@H]2CN(C(=O)c3ccc4c(c3)OCO4)CCO2)nc(C)n1. The minimum absolute atomic E-state index is 0.0471. The summed E-state index contributed by atoms with van der Waals surface area (Å²) in [7, 11) is 0. The summed E-state index contributed by atoms with van der Waals surface area (Å²) in [5.74, 6) is 1.94. The third-order valence-electron chi connectivity index (χ3n) is 4.29. The molecule has 2 aliphatic heterocycles. The monoisotopic (exact) mass is 341 g/mol. The summed E-state index contributed by atoms with van der Waals surface area (Å²) in [6.45, 7) is 5.46. The van der Waals surface area contributed by atoms with Crippen LogP contribution in [0.2, 0.25) is 0 Å². The molecule has 4 rings (SSSR count). The largest absolute Gasteiger partial charge is 0.454 e. The van der Waals surface area contributed by atoms with Crippen molar-refractivity contribution in [1.29, 1.82) is 0 Å². The Balaban J connectivity index is 1.53. The van der Waals surface area contributed by atoms with Crippen LogP contribution < -0.4 is 9.47 Å². The number of benzene rings is 1. The van der Waals surface area contributed by atoms with Crippen molar-refractivity contribution in [3.63, 3.8) is 0 Å². The molecule has 2 aliphatic rings. The molecule has 2 aromatic rings. The molecule has 25 heavy (non-hydrogen) atoms. The highest BCUT2D eigenvalue weighted by molar-refractivity contribution is 5.95. The van der Waals surface area contributed by atoms with Crippen LogP contribution in [0.4, 0.5) is 0 Å². The molecule has 0 aliphatic carbocycles. The molecule has 1 aromatic carbocycles.